The molecule has 130 valence electrons. The number of nitrogens with one attached hydrogen (secondary N) is 1. The van der Waals surface area contributed by atoms with Gasteiger partial charge in [-0.3, -0.25) is 4.79 Å². The van der Waals surface area contributed by atoms with Crippen LogP contribution in [0.4, 0.5) is 5.69 Å². The van der Waals surface area contributed by atoms with Crippen LogP contribution in [0.15, 0.2) is 46.2 Å². The van der Waals surface area contributed by atoms with Crippen LogP contribution in [0, 0.1) is 6.92 Å². The molecular formula is C16H16ClN5O2S. The first-order valence-corrected chi connectivity index (χ1v) is 8.69. The van der Waals surface area contributed by atoms with Crippen LogP contribution in [0.25, 0.3) is 11.4 Å². The fraction of sp³-hybridized carbons (Fsp3) is 0.188. The van der Waals surface area contributed by atoms with Crippen molar-refractivity contribution in [3.63, 3.8) is 0 Å². The van der Waals surface area contributed by atoms with E-state index in [1.54, 1.807) is 43.5 Å². The maximum Gasteiger partial charge on any atom is 0.237 e. The van der Waals surface area contributed by atoms with E-state index in [4.69, 9.17) is 21.9 Å². The molecule has 1 amide bonds. The average molecular weight is 378 g/mol. The lowest BCUT2D eigenvalue weighted by Crippen LogP contribution is -2.23. The van der Waals surface area contributed by atoms with Crippen LogP contribution in [-0.2, 0) is 4.79 Å². The van der Waals surface area contributed by atoms with E-state index in [-0.39, 0.29) is 5.91 Å². The number of nitrogens with zero attached hydrogens (tertiary/aromatic N) is 3. The van der Waals surface area contributed by atoms with Gasteiger partial charge in [0, 0.05) is 10.7 Å². The lowest BCUT2D eigenvalue weighted by Gasteiger charge is -2.11. The smallest absolute Gasteiger partial charge is 0.237 e. The number of carbonyl (C=O) groups is 1. The normalized spacial score (nSPS) is 12.1. The zero-order valence-corrected chi connectivity index (χ0v) is 15.1. The van der Waals surface area contributed by atoms with Crippen molar-refractivity contribution >= 4 is 35.0 Å². The maximum atomic E-state index is 12.3. The molecule has 0 saturated heterocycles. The number of nitrogens with two attached hydrogens (primary N) is 1. The Kier molecular flexibility index (Phi) is 5.00. The van der Waals surface area contributed by atoms with Crippen molar-refractivity contribution in [1.82, 2.24) is 14.9 Å². The molecule has 0 aliphatic heterocycles. The van der Waals surface area contributed by atoms with Crippen LogP contribution in [-0.4, -0.2) is 26.0 Å². The van der Waals surface area contributed by atoms with Gasteiger partial charge in [-0.1, -0.05) is 29.4 Å². The summed E-state index contributed by atoms with van der Waals surface area (Å²) in [5.41, 5.74) is 1.40. The van der Waals surface area contributed by atoms with Crippen LogP contribution >= 0.6 is 23.4 Å². The quantitative estimate of drug-likeness (QED) is 0.522. The van der Waals surface area contributed by atoms with E-state index in [0.717, 1.165) is 5.56 Å². The highest BCUT2D eigenvalue weighted by Crippen LogP contribution is 2.27. The minimum absolute atomic E-state index is 0.184. The van der Waals surface area contributed by atoms with Crippen LogP contribution < -0.4 is 11.2 Å². The van der Waals surface area contributed by atoms with Gasteiger partial charge in [0.15, 0.2) is 5.82 Å². The Labute approximate surface area is 153 Å². The summed E-state index contributed by atoms with van der Waals surface area (Å²) in [6, 6.07) is 8.73. The molecular weight excluding hydrogens is 362 g/mol. The predicted octanol–water partition coefficient (Wildman–Crippen LogP) is 3.33. The number of nitrogen functional groups attached to an aromatic ring is 1. The molecule has 0 spiro atoms. The molecule has 2 heterocycles. The van der Waals surface area contributed by atoms with Crippen LogP contribution in [0.3, 0.4) is 0 Å². The summed E-state index contributed by atoms with van der Waals surface area (Å²) in [5.74, 6) is 7.06. The summed E-state index contributed by atoms with van der Waals surface area (Å²) >= 11 is 7.13. The van der Waals surface area contributed by atoms with Crippen LogP contribution in [0.1, 0.15) is 12.7 Å². The minimum Gasteiger partial charge on any atom is -0.469 e. The molecule has 1 atom stereocenters. The molecule has 25 heavy (non-hydrogen) atoms. The van der Waals surface area contributed by atoms with Crippen molar-refractivity contribution in [3.05, 3.63) is 47.4 Å². The average Bonchev–Trinajstić information content (AvgIpc) is 3.13. The number of aryl methyl sites for hydroxylation is 1. The van der Waals surface area contributed by atoms with Crippen LogP contribution in [0.5, 0.6) is 0 Å². The molecule has 0 aliphatic carbocycles. The van der Waals surface area contributed by atoms with E-state index in [1.807, 2.05) is 6.92 Å². The van der Waals surface area contributed by atoms with Crippen molar-refractivity contribution in [2.45, 2.75) is 24.3 Å². The molecule has 1 aromatic carbocycles. The summed E-state index contributed by atoms with van der Waals surface area (Å²) in [6.07, 6.45) is 1.56. The topological polar surface area (TPSA) is 99.0 Å². The van der Waals surface area contributed by atoms with E-state index < -0.39 is 5.25 Å². The van der Waals surface area contributed by atoms with E-state index >= 15 is 0 Å². The van der Waals surface area contributed by atoms with Gasteiger partial charge in [-0.2, -0.15) is 0 Å². The molecule has 0 fully saturated rings. The Balaban J connectivity index is 1.71. The zero-order chi connectivity index (χ0) is 18.0. The monoisotopic (exact) mass is 377 g/mol. The Morgan fingerprint density at radius 1 is 1.40 bits per heavy atom. The van der Waals surface area contributed by atoms with Gasteiger partial charge in [0.05, 0.1) is 17.1 Å². The minimum atomic E-state index is -0.427. The van der Waals surface area contributed by atoms with Crippen LogP contribution in [0.2, 0.25) is 5.02 Å². The van der Waals surface area contributed by atoms with Crippen molar-refractivity contribution in [2.24, 2.45) is 0 Å². The number of halogens is 1. The first-order chi connectivity index (χ1) is 12.0. The standard InChI is InChI=1S/C16H16ClN5O2S/c1-9-13(6-7-24-9)14-20-21-16(22(14)18)25-10(2)15(23)19-12-5-3-4-11(17)8-12/h3-8,10H,18H2,1-2H3,(H,19,23). The van der Waals surface area contributed by atoms with Gasteiger partial charge >= 0.3 is 0 Å². The second-order valence-electron chi connectivity index (χ2n) is 5.33. The number of amides is 1. The van der Waals surface area contributed by atoms with Crippen molar-refractivity contribution < 1.29 is 9.21 Å². The molecule has 0 saturated carbocycles. The van der Waals surface area contributed by atoms with Gasteiger partial charge in [-0.25, -0.2) is 4.68 Å². The Bertz CT molecular complexity index is 908. The number of hydrogen-bond acceptors (Lipinski definition) is 6. The highest BCUT2D eigenvalue weighted by atomic mass is 35.5. The third-order valence-corrected chi connectivity index (χ3v) is 4.80. The number of carbonyl (C=O) groups excluding carboxylic acids is 1. The molecule has 0 aliphatic rings. The highest BCUT2D eigenvalue weighted by molar-refractivity contribution is 8.00. The fourth-order valence-electron chi connectivity index (χ4n) is 2.18. The first kappa shape index (κ1) is 17.4. The number of furan rings is 1. The maximum absolute atomic E-state index is 12.3. The van der Waals surface area contributed by atoms with E-state index in [0.29, 0.717) is 27.5 Å². The number of hydrogen-bond donors (Lipinski definition) is 2. The van der Waals surface area contributed by atoms with Gasteiger partial charge in [0.2, 0.25) is 11.1 Å². The number of aromatic nitrogens is 3. The Morgan fingerprint density at radius 3 is 2.88 bits per heavy atom. The first-order valence-electron chi connectivity index (χ1n) is 7.43. The predicted molar refractivity (Wildman–Crippen MR) is 98.0 cm³/mol. The van der Waals surface area contributed by atoms with Crippen molar-refractivity contribution in [2.75, 3.05) is 11.2 Å². The lowest BCUT2D eigenvalue weighted by molar-refractivity contribution is -0.115. The van der Waals surface area contributed by atoms with Gasteiger partial charge < -0.3 is 15.6 Å². The number of thioether (sulfide) groups is 1. The van der Waals surface area contributed by atoms with E-state index in [2.05, 4.69) is 15.5 Å². The molecule has 0 bridgehead atoms. The van der Waals surface area contributed by atoms with E-state index in [9.17, 15) is 4.79 Å². The van der Waals surface area contributed by atoms with Gasteiger partial charge in [-0.15, -0.1) is 10.2 Å². The Morgan fingerprint density at radius 2 is 2.20 bits per heavy atom. The SMILES string of the molecule is Cc1occc1-c1nnc(SC(C)C(=O)Nc2cccc(Cl)c2)n1N. The third-order valence-electron chi connectivity index (χ3n) is 3.51. The molecule has 3 N–H and O–H groups in total. The van der Waals surface area contributed by atoms with Crippen molar-refractivity contribution in [3.8, 4) is 11.4 Å². The van der Waals surface area contributed by atoms with E-state index in [1.165, 1.54) is 16.4 Å². The van der Waals surface area contributed by atoms with Gasteiger partial charge in [0.1, 0.15) is 5.76 Å². The number of benzene rings is 1. The molecule has 9 heteroatoms. The number of anilines is 1. The Hall–Kier alpha value is -2.45. The molecule has 3 rings (SSSR count). The molecule has 7 nitrogen and oxygen atoms in total. The van der Waals surface area contributed by atoms with Gasteiger partial charge in [-0.05, 0) is 38.1 Å². The zero-order valence-electron chi connectivity index (χ0n) is 13.6. The molecule has 3 aromatic rings. The fourth-order valence-corrected chi connectivity index (χ4v) is 3.14. The van der Waals surface area contributed by atoms with Gasteiger partial charge in [0.25, 0.3) is 0 Å². The highest BCUT2D eigenvalue weighted by Gasteiger charge is 2.21. The van der Waals surface area contributed by atoms with Crippen molar-refractivity contribution in [1.29, 1.82) is 0 Å². The molecule has 1 unspecified atom stereocenters. The summed E-state index contributed by atoms with van der Waals surface area (Å²) in [7, 11) is 0. The summed E-state index contributed by atoms with van der Waals surface area (Å²) in [5, 5.41) is 11.5. The summed E-state index contributed by atoms with van der Waals surface area (Å²) in [4.78, 5) is 12.3. The summed E-state index contributed by atoms with van der Waals surface area (Å²) in [6.45, 7) is 3.58. The third kappa shape index (κ3) is 3.80. The summed E-state index contributed by atoms with van der Waals surface area (Å²) < 4.78 is 6.61. The lowest BCUT2D eigenvalue weighted by atomic mass is 10.2. The molecule has 0 radical (unpaired) electrons. The number of rotatable bonds is 5. The molecule has 2 aromatic heterocycles. The largest absolute Gasteiger partial charge is 0.469 e. The second kappa shape index (κ2) is 7.20. The second-order valence-corrected chi connectivity index (χ2v) is 7.07.